The molecule has 2 aliphatic rings. The predicted molar refractivity (Wildman–Crippen MR) is 136 cm³/mol. The van der Waals surface area contributed by atoms with Gasteiger partial charge < -0.3 is 14.7 Å². The van der Waals surface area contributed by atoms with Gasteiger partial charge in [0.15, 0.2) is 10.7 Å². The van der Waals surface area contributed by atoms with Gasteiger partial charge in [-0.3, -0.25) is 4.79 Å². The summed E-state index contributed by atoms with van der Waals surface area (Å²) in [6.07, 6.45) is 5.84. The minimum absolute atomic E-state index is 0.0338. The summed E-state index contributed by atoms with van der Waals surface area (Å²) in [5, 5.41) is 6.81. The molecule has 2 aliphatic heterocycles. The molecule has 0 unspecified atom stereocenters. The fourth-order valence-electron chi connectivity index (χ4n) is 4.86. The van der Waals surface area contributed by atoms with Crippen LogP contribution in [0.4, 0.5) is 8.78 Å². The second kappa shape index (κ2) is 11.8. The van der Waals surface area contributed by atoms with Crippen LogP contribution in [0.15, 0.2) is 27.6 Å². The Labute approximate surface area is 216 Å². The van der Waals surface area contributed by atoms with Crippen LogP contribution in [-0.4, -0.2) is 68.0 Å². The molecule has 0 radical (unpaired) electrons. The van der Waals surface area contributed by atoms with Gasteiger partial charge in [-0.05, 0) is 75.9 Å². The van der Waals surface area contributed by atoms with Crippen LogP contribution in [0.25, 0.3) is 12.2 Å². The Balaban J connectivity index is 1.34. The molecule has 0 spiro atoms. The van der Waals surface area contributed by atoms with Crippen molar-refractivity contribution >= 4 is 28.1 Å². The molecule has 0 atom stereocenters. The number of halogens is 2. The van der Waals surface area contributed by atoms with E-state index in [0.29, 0.717) is 19.4 Å². The number of piperidine rings is 2. The summed E-state index contributed by atoms with van der Waals surface area (Å²) >= 11 is 0. The van der Waals surface area contributed by atoms with E-state index < -0.39 is 21.7 Å². The standard InChI is InChI=1S/C26H34F2N4O4S/c1-18-7-12-31(13-8-18)16-11-29-26(33)21-9-14-32(15-10-21)37(34,35)25-19(2)30-36-24(25)6-4-20-3-5-22(27)17-23(20)28/h3-6,17-18,21H,7-16H2,1-2H3,(H,29,33). The van der Waals surface area contributed by atoms with Crippen molar-refractivity contribution in [3.05, 3.63) is 46.9 Å². The lowest BCUT2D eigenvalue weighted by Gasteiger charge is -2.31. The summed E-state index contributed by atoms with van der Waals surface area (Å²) < 4.78 is 60.5. The average Bonchev–Trinajstić information content (AvgIpc) is 3.25. The Bertz CT molecular complexity index is 1230. The quantitative estimate of drug-likeness (QED) is 0.553. The van der Waals surface area contributed by atoms with E-state index in [1.54, 1.807) is 0 Å². The van der Waals surface area contributed by atoms with Crippen molar-refractivity contribution < 1.29 is 26.5 Å². The van der Waals surface area contributed by atoms with Gasteiger partial charge in [-0.1, -0.05) is 12.1 Å². The molecule has 0 aliphatic carbocycles. The SMILES string of the molecule is Cc1noc(C=Cc2ccc(F)cc2F)c1S(=O)(=O)N1CCC(C(=O)NCCN2CCC(C)CC2)CC1. The zero-order valence-electron chi connectivity index (χ0n) is 21.3. The third kappa shape index (κ3) is 6.63. The normalized spacial score (nSPS) is 19.0. The number of sulfonamides is 1. The molecule has 0 saturated carbocycles. The highest BCUT2D eigenvalue weighted by Crippen LogP contribution is 2.29. The number of hydrogen-bond acceptors (Lipinski definition) is 6. The van der Waals surface area contributed by atoms with E-state index in [1.165, 1.54) is 42.3 Å². The van der Waals surface area contributed by atoms with E-state index >= 15 is 0 Å². The number of rotatable bonds is 8. The minimum atomic E-state index is -3.95. The fraction of sp³-hybridized carbons (Fsp3) is 0.538. The number of benzene rings is 1. The lowest BCUT2D eigenvalue weighted by atomic mass is 9.97. The summed E-state index contributed by atoms with van der Waals surface area (Å²) in [5.41, 5.74) is 0.270. The van der Waals surface area contributed by atoms with Gasteiger partial charge in [0.05, 0.1) is 0 Å². The Morgan fingerprint density at radius 3 is 2.51 bits per heavy atom. The highest BCUT2D eigenvalue weighted by atomic mass is 32.2. The van der Waals surface area contributed by atoms with Crippen molar-refractivity contribution in [3.63, 3.8) is 0 Å². The Morgan fingerprint density at radius 2 is 1.84 bits per heavy atom. The van der Waals surface area contributed by atoms with Gasteiger partial charge in [0.2, 0.25) is 15.9 Å². The first-order valence-electron chi connectivity index (χ1n) is 12.7. The number of carbonyl (C=O) groups is 1. The van der Waals surface area contributed by atoms with Crippen LogP contribution in [-0.2, 0) is 14.8 Å². The van der Waals surface area contributed by atoms with Crippen molar-refractivity contribution in [1.29, 1.82) is 0 Å². The molecule has 2 aromatic rings. The van der Waals surface area contributed by atoms with Crippen LogP contribution in [0.3, 0.4) is 0 Å². The summed E-state index contributed by atoms with van der Waals surface area (Å²) in [7, 11) is -3.95. The van der Waals surface area contributed by atoms with Crippen LogP contribution < -0.4 is 5.32 Å². The fourth-order valence-corrected chi connectivity index (χ4v) is 6.58. The van der Waals surface area contributed by atoms with Crippen molar-refractivity contribution in [1.82, 2.24) is 19.7 Å². The molecule has 1 aromatic carbocycles. The number of likely N-dealkylation sites (tertiary alicyclic amines) is 1. The first-order valence-corrected chi connectivity index (χ1v) is 14.2. The number of aryl methyl sites for hydroxylation is 1. The largest absolute Gasteiger partial charge is 0.355 e. The van der Waals surface area contributed by atoms with Crippen LogP contribution >= 0.6 is 0 Å². The number of aromatic nitrogens is 1. The van der Waals surface area contributed by atoms with E-state index in [9.17, 15) is 22.0 Å². The first kappa shape index (κ1) is 27.4. The van der Waals surface area contributed by atoms with E-state index in [4.69, 9.17) is 4.52 Å². The molecule has 1 aromatic heterocycles. The van der Waals surface area contributed by atoms with Crippen LogP contribution in [0, 0.1) is 30.4 Å². The maximum absolute atomic E-state index is 14.0. The molecule has 4 rings (SSSR count). The zero-order chi connectivity index (χ0) is 26.6. The number of nitrogens with one attached hydrogen (secondary N) is 1. The third-order valence-electron chi connectivity index (χ3n) is 7.24. The van der Waals surface area contributed by atoms with E-state index in [2.05, 4.69) is 22.3 Å². The Kier molecular flexibility index (Phi) is 8.76. The third-order valence-corrected chi connectivity index (χ3v) is 9.29. The second-order valence-corrected chi connectivity index (χ2v) is 11.8. The van der Waals surface area contributed by atoms with Crippen molar-refractivity contribution in [3.8, 4) is 0 Å². The summed E-state index contributed by atoms with van der Waals surface area (Å²) in [5.74, 6) is -1.03. The van der Waals surface area contributed by atoms with E-state index in [1.807, 2.05) is 0 Å². The molecule has 1 amide bonds. The predicted octanol–water partition coefficient (Wildman–Crippen LogP) is 3.68. The van der Waals surface area contributed by atoms with Crippen molar-refractivity contribution in [2.45, 2.75) is 44.4 Å². The molecule has 1 N–H and O–H groups in total. The smallest absolute Gasteiger partial charge is 0.248 e. The topological polar surface area (TPSA) is 95.8 Å². The average molecular weight is 537 g/mol. The molecule has 11 heteroatoms. The molecule has 202 valence electrons. The molecule has 2 fully saturated rings. The Hall–Kier alpha value is -2.63. The maximum Gasteiger partial charge on any atom is 0.248 e. The van der Waals surface area contributed by atoms with Crippen LogP contribution in [0.1, 0.15) is 49.6 Å². The van der Waals surface area contributed by atoms with Gasteiger partial charge >= 0.3 is 0 Å². The highest BCUT2D eigenvalue weighted by molar-refractivity contribution is 7.89. The number of carbonyl (C=O) groups excluding carboxylic acids is 1. The first-order chi connectivity index (χ1) is 17.6. The summed E-state index contributed by atoms with van der Waals surface area (Å²) in [6, 6.07) is 3.11. The lowest BCUT2D eigenvalue weighted by Crippen LogP contribution is -2.45. The van der Waals surface area contributed by atoms with Crippen LogP contribution in [0.2, 0.25) is 0 Å². The van der Waals surface area contributed by atoms with Gasteiger partial charge in [0, 0.05) is 43.7 Å². The Morgan fingerprint density at radius 1 is 1.14 bits per heavy atom. The van der Waals surface area contributed by atoms with Gasteiger partial charge in [-0.2, -0.15) is 4.31 Å². The molecular formula is C26H34F2N4O4S. The van der Waals surface area contributed by atoms with Gasteiger partial charge in [-0.15, -0.1) is 0 Å². The van der Waals surface area contributed by atoms with Crippen molar-refractivity contribution in [2.24, 2.45) is 11.8 Å². The lowest BCUT2D eigenvalue weighted by molar-refractivity contribution is -0.126. The summed E-state index contributed by atoms with van der Waals surface area (Å²) in [6.45, 7) is 7.73. The zero-order valence-corrected chi connectivity index (χ0v) is 22.1. The highest BCUT2D eigenvalue weighted by Gasteiger charge is 2.36. The second-order valence-electron chi connectivity index (χ2n) is 9.95. The molecule has 37 heavy (non-hydrogen) atoms. The van der Waals surface area contributed by atoms with Crippen molar-refractivity contribution in [2.75, 3.05) is 39.3 Å². The molecule has 0 bridgehead atoms. The molecule has 8 nitrogen and oxygen atoms in total. The number of hydrogen-bond donors (Lipinski definition) is 1. The monoisotopic (exact) mass is 536 g/mol. The van der Waals surface area contributed by atoms with E-state index in [-0.39, 0.29) is 46.8 Å². The molecular weight excluding hydrogens is 502 g/mol. The van der Waals surface area contributed by atoms with E-state index in [0.717, 1.165) is 37.7 Å². The number of nitrogens with zero attached hydrogens (tertiary/aromatic N) is 3. The summed E-state index contributed by atoms with van der Waals surface area (Å²) in [4.78, 5) is 14.9. The van der Waals surface area contributed by atoms with Gasteiger partial charge in [0.25, 0.3) is 0 Å². The van der Waals surface area contributed by atoms with Gasteiger partial charge in [0.1, 0.15) is 17.3 Å². The minimum Gasteiger partial charge on any atom is -0.355 e. The van der Waals surface area contributed by atoms with Crippen LogP contribution in [0.5, 0.6) is 0 Å². The maximum atomic E-state index is 14.0. The molecule has 3 heterocycles. The number of amides is 1. The van der Waals surface area contributed by atoms with Gasteiger partial charge in [-0.25, -0.2) is 17.2 Å². The molecule has 2 saturated heterocycles.